The Morgan fingerprint density at radius 1 is 1.05 bits per heavy atom. The van der Waals surface area contributed by atoms with Crippen LogP contribution in [0.3, 0.4) is 0 Å². The maximum absolute atomic E-state index is 2.69. The van der Waals surface area contributed by atoms with Crippen molar-refractivity contribution in [3.63, 3.8) is 0 Å². The second-order valence-electron chi connectivity index (χ2n) is 7.21. The third-order valence-corrected chi connectivity index (χ3v) is 4.64. The van der Waals surface area contributed by atoms with Gasteiger partial charge in [-0.2, -0.15) is 0 Å². The molecule has 114 valence electrons. The van der Waals surface area contributed by atoms with Crippen molar-refractivity contribution >= 4 is 0 Å². The van der Waals surface area contributed by atoms with Gasteiger partial charge in [-0.25, -0.2) is 0 Å². The van der Waals surface area contributed by atoms with Crippen molar-refractivity contribution < 1.29 is 0 Å². The molecule has 2 heteroatoms. The number of likely N-dealkylation sites (tertiary alicyclic amines) is 1. The Balaban J connectivity index is 2.08. The summed E-state index contributed by atoms with van der Waals surface area (Å²) in [7, 11) is 2.27. The van der Waals surface area contributed by atoms with Gasteiger partial charge >= 0.3 is 0 Å². The number of piperidine rings is 1. The molecular weight excluding hydrogens is 232 g/mol. The number of hydrogen-bond acceptors (Lipinski definition) is 2. The maximum Gasteiger partial charge on any atom is 0.00356 e. The van der Waals surface area contributed by atoms with Crippen LogP contribution in [0.5, 0.6) is 0 Å². The highest BCUT2D eigenvalue weighted by Crippen LogP contribution is 2.19. The number of hydrogen-bond donors (Lipinski definition) is 0. The lowest BCUT2D eigenvalue weighted by atomic mass is 9.95. The molecule has 2 nitrogen and oxygen atoms in total. The normalized spacial score (nSPS) is 18.9. The highest BCUT2D eigenvalue weighted by Gasteiger charge is 2.20. The summed E-state index contributed by atoms with van der Waals surface area (Å²) in [6.45, 7) is 14.5. The molecule has 0 spiro atoms. The van der Waals surface area contributed by atoms with Crippen LogP contribution in [0.25, 0.3) is 0 Å². The van der Waals surface area contributed by atoms with Gasteiger partial charge in [-0.1, -0.05) is 26.7 Å². The molecule has 0 aromatic carbocycles. The molecular formula is C17H36N2. The van der Waals surface area contributed by atoms with Gasteiger partial charge < -0.3 is 9.80 Å². The van der Waals surface area contributed by atoms with Crippen molar-refractivity contribution in [1.29, 1.82) is 0 Å². The smallest absolute Gasteiger partial charge is 0.00356 e. The molecule has 1 heterocycles. The van der Waals surface area contributed by atoms with Crippen LogP contribution in [-0.4, -0.2) is 49.1 Å². The van der Waals surface area contributed by atoms with E-state index in [1.54, 1.807) is 0 Å². The first-order chi connectivity index (χ1) is 8.99. The van der Waals surface area contributed by atoms with E-state index in [1.807, 2.05) is 0 Å². The predicted molar refractivity (Wildman–Crippen MR) is 85.6 cm³/mol. The van der Waals surface area contributed by atoms with Crippen molar-refractivity contribution in [3.05, 3.63) is 0 Å². The van der Waals surface area contributed by atoms with Crippen molar-refractivity contribution in [2.45, 2.75) is 65.8 Å². The largest absolute Gasteiger partial charge is 0.304 e. The van der Waals surface area contributed by atoms with Crippen LogP contribution in [0.2, 0.25) is 0 Å². The first-order valence-corrected chi connectivity index (χ1v) is 8.41. The molecule has 0 radical (unpaired) electrons. The summed E-state index contributed by atoms with van der Waals surface area (Å²) in [5.41, 5.74) is 0. The van der Waals surface area contributed by atoms with Gasteiger partial charge in [0.25, 0.3) is 0 Å². The molecule has 0 aromatic heterocycles. The second-order valence-corrected chi connectivity index (χ2v) is 7.21. The summed E-state index contributed by atoms with van der Waals surface area (Å²) in [4.78, 5) is 5.19. The monoisotopic (exact) mass is 268 g/mol. The minimum Gasteiger partial charge on any atom is -0.304 e. The van der Waals surface area contributed by atoms with Crippen molar-refractivity contribution in [1.82, 2.24) is 9.80 Å². The lowest BCUT2D eigenvalue weighted by molar-refractivity contribution is 0.141. The lowest BCUT2D eigenvalue weighted by Gasteiger charge is -2.35. The molecule has 0 aromatic rings. The third-order valence-electron chi connectivity index (χ3n) is 4.64. The number of rotatable bonds is 8. The molecule has 0 saturated carbocycles. The highest BCUT2D eigenvalue weighted by molar-refractivity contribution is 4.75. The van der Waals surface area contributed by atoms with Crippen LogP contribution in [0.1, 0.15) is 59.8 Å². The molecule has 0 amide bonds. The Morgan fingerprint density at radius 3 is 2.21 bits per heavy atom. The fourth-order valence-corrected chi connectivity index (χ4v) is 2.90. The van der Waals surface area contributed by atoms with Crippen LogP contribution >= 0.6 is 0 Å². The van der Waals surface area contributed by atoms with E-state index >= 15 is 0 Å². The van der Waals surface area contributed by atoms with Gasteiger partial charge in [-0.15, -0.1) is 0 Å². The van der Waals surface area contributed by atoms with Gasteiger partial charge in [0.15, 0.2) is 0 Å². The van der Waals surface area contributed by atoms with Crippen LogP contribution in [0, 0.1) is 11.8 Å². The van der Waals surface area contributed by atoms with E-state index < -0.39 is 0 Å². The number of unbranched alkanes of at least 4 members (excludes halogenated alkanes) is 1. The molecule has 1 aliphatic heterocycles. The summed E-state index contributed by atoms with van der Waals surface area (Å²) in [6, 6.07) is 0.689. The van der Waals surface area contributed by atoms with E-state index in [0.29, 0.717) is 6.04 Å². The van der Waals surface area contributed by atoms with Gasteiger partial charge in [0.1, 0.15) is 0 Å². The summed E-state index contributed by atoms with van der Waals surface area (Å²) in [5, 5.41) is 0. The molecule has 0 unspecified atom stereocenters. The van der Waals surface area contributed by atoms with E-state index in [2.05, 4.69) is 44.5 Å². The fraction of sp³-hybridized carbons (Fsp3) is 1.00. The minimum absolute atomic E-state index is 0.689. The van der Waals surface area contributed by atoms with Crippen molar-refractivity contribution in [2.75, 3.05) is 33.2 Å². The highest BCUT2D eigenvalue weighted by atomic mass is 15.1. The first-order valence-electron chi connectivity index (χ1n) is 8.41. The van der Waals surface area contributed by atoms with Crippen LogP contribution in [0.4, 0.5) is 0 Å². The zero-order valence-electron chi connectivity index (χ0n) is 14.0. The topological polar surface area (TPSA) is 6.48 Å². The van der Waals surface area contributed by atoms with Crippen LogP contribution in [0.15, 0.2) is 0 Å². The van der Waals surface area contributed by atoms with E-state index in [9.17, 15) is 0 Å². The molecule has 0 atom stereocenters. The molecule has 0 N–H and O–H groups in total. The third kappa shape index (κ3) is 7.31. The SMILES string of the molecule is CC(C)CCCCN1CCC(CN(C)C(C)C)CC1. The van der Waals surface area contributed by atoms with E-state index in [1.165, 1.54) is 58.3 Å². The van der Waals surface area contributed by atoms with Gasteiger partial charge in [0.05, 0.1) is 0 Å². The average molecular weight is 268 g/mol. The Labute approximate surface area is 121 Å². The molecule has 0 aliphatic carbocycles. The predicted octanol–water partition coefficient (Wildman–Crippen LogP) is 3.86. The Bertz CT molecular complexity index is 217. The molecule has 1 aliphatic rings. The van der Waals surface area contributed by atoms with Gasteiger partial charge in [0.2, 0.25) is 0 Å². The minimum atomic E-state index is 0.689. The fourth-order valence-electron chi connectivity index (χ4n) is 2.90. The van der Waals surface area contributed by atoms with E-state index in [4.69, 9.17) is 0 Å². The standard InChI is InChI=1S/C17H36N2/c1-15(2)8-6-7-11-19-12-9-17(10-13-19)14-18(5)16(3)4/h15-17H,6-14H2,1-5H3. The zero-order valence-corrected chi connectivity index (χ0v) is 14.0. The molecule has 19 heavy (non-hydrogen) atoms. The van der Waals surface area contributed by atoms with Crippen LogP contribution in [-0.2, 0) is 0 Å². The van der Waals surface area contributed by atoms with E-state index in [-0.39, 0.29) is 0 Å². The van der Waals surface area contributed by atoms with Crippen molar-refractivity contribution in [3.8, 4) is 0 Å². The van der Waals surface area contributed by atoms with E-state index in [0.717, 1.165) is 11.8 Å². The average Bonchev–Trinajstić information content (AvgIpc) is 2.36. The molecule has 0 bridgehead atoms. The second kappa shape index (κ2) is 8.97. The number of nitrogens with zero attached hydrogens (tertiary/aromatic N) is 2. The van der Waals surface area contributed by atoms with Gasteiger partial charge in [-0.3, -0.25) is 0 Å². The van der Waals surface area contributed by atoms with Crippen LogP contribution < -0.4 is 0 Å². The summed E-state index contributed by atoms with van der Waals surface area (Å²) >= 11 is 0. The van der Waals surface area contributed by atoms with Gasteiger partial charge in [-0.05, 0) is 71.6 Å². The quantitative estimate of drug-likeness (QED) is 0.617. The Morgan fingerprint density at radius 2 is 1.68 bits per heavy atom. The molecule has 1 rings (SSSR count). The van der Waals surface area contributed by atoms with Crippen molar-refractivity contribution in [2.24, 2.45) is 11.8 Å². The summed E-state index contributed by atoms with van der Waals surface area (Å²) in [5.74, 6) is 1.80. The molecule has 1 saturated heterocycles. The first kappa shape index (κ1) is 17.0. The van der Waals surface area contributed by atoms with Gasteiger partial charge in [0, 0.05) is 12.6 Å². The summed E-state index contributed by atoms with van der Waals surface area (Å²) < 4.78 is 0. The zero-order chi connectivity index (χ0) is 14.3. The lowest BCUT2D eigenvalue weighted by Crippen LogP contribution is -2.39. The summed E-state index contributed by atoms with van der Waals surface area (Å²) in [6.07, 6.45) is 7.01. The Kier molecular flexibility index (Phi) is 8.01. The molecule has 1 fully saturated rings. The maximum atomic E-state index is 2.69. The Hall–Kier alpha value is -0.0800.